The summed E-state index contributed by atoms with van der Waals surface area (Å²) in [7, 11) is 3.99. The summed E-state index contributed by atoms with van der Waals surface area (Å²) in [4.78, 5) is 14.7. The van der Waals surface area contributed by atoms with E-state index < -0.39 is 0 Å². The molecule has 1 N–H and O–H groups in total. The van der Waals surface area contributed by atoms with E-state index in [1.807, 2.05) is 60.8 Å². The van der Waals surface area contributed by atoms with Crippen LogP contribution in [-0.2, 0) is 11.2 Å². The van der Waals surface area contributed by atoms with Crippen molar-refractivity contribution in [3.05, 3.63) is 52.2 Å². The van der Waals surface area contributed by atoms with Crippen molar-refractivity contribution < 1.29 is 4.79 Å². The van der Waals surface area contributed by atoms with Gasteiger partial charge in [-0.25, -0.2) is 5.43 Å². The van der Waals surface area contributed by atoms with Crippen molar-refractivity contribution in [1.82, 2.24) is 5.43 Å². The van der Waals surface area contributed by atoms with E-state index >= 15 is 0 Å². The van der Waals surface area contributed by atoms with Crippen molar-refractivity contribution in [2.45, 2.75) is 6.42 Å². The Kier molecular flexibility index (Phi) is 4.90. The molecule has 0 aliphatic carbocycles. The molecule has 0 fully saturated rings. The van der Waals surface area contributed by atoms with Crippen LogP contribution in [0.4, 0.5) is 5.69 Å². The molecule has 1 heterocycles. The molecule has 1 aromatic heterocycles. The monoisotopic (exact) mass is 287 g/mol. The van der Waals surface area contributed by atoms with E-state index in [1.165, 1.54) is 0 Å². The summed E-state index contributed by atoms with van der Waals surface area (Å²) in [5.41, 5.74) is 4.61. The molecule has 2 rings (SSSR count). The molecule has 0 aliphatic heterocycles. The average molecular weight is 287 g/mol. The van der Waals surface area contributed by atoms with Crippen molar-refractivity contribution in [2.75, 3.05) is 19.0 Å². The van der Waals surface area contributed by atoms with E-state index in [0.717, 1.165) is 16.1 Å². The van der Waals surface area contributed by atoms with Gasteiger partial charge in [0, 0.05) is 24.7 Å². The van der Waals surface area contributed by atoms with Crippen LogP contribution in [0.1, 0.15) is 10.4 Å². The molecule has 0 bridgehead atoms. The highest BCUT2D eigenvalue weighted by atomic mass is 32.1. The molecule has 0 unspecified atom stereocenters. The smallest absolute Gasteiger partial charge is 0.245 e. The Bertz CT molecular complexity index is 574. The first-order chi connectivity index (χ1) is 9.65. The molecule has 2 aromatic rings. The van der Waals surface area contributed by atoms with Gasteiger partial charge >= 0.3 is 0 Å². The first kappa shape index (κ1) is 14.3. The fourth-order valence-corrected chi connectivity index (χ4v) is 2.35. The maximum atomic E-state index is 11.6. The highest BCUT2D eigenvalue weighted by Crippen LogP contribution is 2.11. The van der Waals surface area contributed by atoms with Crippen LogP contribution < -0.4 is 10.3 Å². The Balaban J connectivity index is 1.85. The molecule has 20 heavy (non-hydrogen) atoms. The van der Waals surface area contributed by atoms with Crippen LogP contribution in [0.15, 0.2) is 46.9 Å². The third-order valence-electron chi connectivity index (χ3n) is 2.73. The fourth-order valence-electron chi connectivity index (χ4n) is 1.65. The lowest BCUT2D eigenvalue weighted by Gasteiger charge is -2.11. The SMILES string of the molecule is CN(C)c1ccc(/C=N\NC(=O)Cc2cccs2)cc1. The Morgan fingerprint density at radius 1 is 1.30 bits per heavy atom. The molecule has 104 valence electrons. The highest BCUT2D eigenvalue weighted by molar-refractivity contribution is 7.10. The van der Waals surface area contributed by atoms with Crippen LogP contribution in [0.5, 0.6) is 0 Å². The zero-order chi connectivity index (χ0) is 14.4. The predicted molar refractivity (Wildman–Crippen MR) is 84.5 cm³/mol. The maximum Gasteiger partial charge on any atom is 0.245 e. The van der Waals surface area contributed by atoms with Crippen molar-refractivity contribution in [1.29, 1.82) is 0 Å². The third-order valence-corrected chi connectivity index (χ3v) is 3.60. The highest BCUT2D eigenvalue weighted by Gasteiger charge is 2.02. The molecule has 0 saturated heterocycles. The quantitative estimate of drug-likeness (QED) is 0.678. The average Bonchev–Trinajstić information content (AvgIpc) is 2.92. The van der Waals surface area contributed by atoms with E-state index in [1.54, 1.807) is 17.6 Å². The molecule has 0 spiro atoms. The minimum atomic E-state index is -0.103. The van der Waals surface area contributed by atoms with Crippen LogP contribution in [0.25, 0.3) is 0 Å². The van der Waals surface area contributed by atoms with Crippen LogP contribution in [0.2, 0.25) is 0 Å². The summed E-state index contributed by atoms with van der Waals surface area (Å²) in [5, 5.41) is 5.92. The van der Waals surface area contributed by atoms with E-state index in [2.05, 4.69) is 10.5 Å². The lowest BCUT2D eigenvalue weighted by molar-refractivity contribution is -0.120. The summed E-state index contributed by atoms with van der Waals surface area (Å²) < 4.78 is 0. The van der Waals surface area contributed by atoms with Crippen LogP contribution in [0, 0.1) is 0 Å². The van der Waals surface area contributed by atoms with Crippen LogP contribution >= 0.6 is 11.3 Å². The molecular formula is C15H17N3OS. The fraction of sp³-hybridized carbons (Fsp3) is 0.200. The number of rotatable bonds is 5. The second-order valence-corrected chi connectivity index (χ2v) is 5.57. The van der Waals surface area contributed by atoms with Gasteiger partial charge in [0.1, 0.15) is 0 Å². The van der Waals surface area contributed by atoms with Gasteiger partial charge in [-0.05, 0) is 29.1 Å². The molecule has 5 heteroatoms. The number of thiophene rings is 1. The first-order valence-electron chi connectivity index (χ1n) is 6.27. The molecule has 0 atom stereocenters. The summed E-state index contributed by atoms with van der Waals surface area (Å²) in [5.74, 6) is -0.103. The maximum absolute atomic E-state index is 11.6. The molecule has 0 saturated carbocycles. The number of hydrogen-bond acceptors (Lipinski definition) is 4. The zero-order valence-corrected chi connectivity index (χ0v) is 12.4. The van der Waals surface area contributed by atoms with Crippen LogP contribution in [0.3, 0.4) is 0 Å². The van der Waals surface area contributed by atoms with Gasteiger partial charge in [-0.3, -0.25) is 4.79 Å². The Morgan fingerprint density at radius 3 is 2.65 bits per heavy atom. The van der Waals surface area contributed by atoms with E-state index in [9.17, 15) is 4.79 Å². The molecular weight excluding hydrogens is 270 g/mol. The number of amides is 1. The second-order valence-electron chi connectivity index (χ2n) is 4.54. The Hall–Kier alpha value is -2.14. The molecule has 1 amide bonds. The number of carbonyl (C=O) groups is 1. The normalized spacial score (nSPS) is 10.7. The molecule has 0 aliphatic rings. The van der Waals surface area contributed by atoms with Crippen LogP contribution in [-0.4, -0.2) is 26.2 Å². The minimum Gasteiger partial charge on any atom is -0.378 e. The van der Waals surface area contributed by atoms with Gasteiger partial charge in [-0.15, -0.1) is 11.3 Å². The van der Waals surface area contributed by atoms with Gasteiger partial charge in [0.2, 0.25) is 5.91 Å². The topological polar surface area (TPSA) is 44.7 Å². The third kappa shape index (κ3) is 4.20. The number of anilines is 1. The van der Waals surface area contributed by atoms with Gasteiger partial charge in [0.15, 0.2) is 0 Å². The summed E-state index contributed by atoms with van der Waals surface area (Å²) in [6, 6.07) is 11.8. The van der Waals surface area contributed by atoms with E-state index in [4.69, 9.17) is 0 Å². The van der Waals surface area contributed by atoms with Gasteiger partial charge in [-0.1, -0.05) is 18.2 Å². The van der Waals surface area contributed by atoms with Gasteiger partial charge in [0.05, 0.1) is 12.6 Å². The predicted octanol–water partition coefficient (Wildman–Crippen LogP) is 2.51. The summed E-state index contributed by atoms with van der Waals surface area (Å²) >= 11 is 1.57. The molecule has 4 nitrogen and oxygen atoms in total. The van der Waals surface area contributed by atoms with Gasteiger partial charge in [-0.2, -0.15) is 5.10 Å². The minimum absolute atomic E-state index is 0.103. The van der Waals surface area contributed by atoms with Gasteiger partial charge < -0.3 is 4.90 Å². The number of nitrogens with one attached hydrogen (secondary N) is 1. The Labute approximate surface area is 122 Å². The zero-order valence-electron chi connectivity index (χ0n) is 11.5. The summed E-state index contributed by atoms with van der Waals surface area (Å²) in [6.45, 7) is 0. The number of nitrogens with zero attached hydrogens (tertiary/aromatic N) is 2. The molecule has 1 aromatic carbocycles. The molecule has 0 radical (unpaired) electrons. The standard InChI is InChI=1S/C15H17N3OS/c1-18(2)13-7-5-12(6-8-13)11-16-17-15(19)10-14-4-3-9-20-14/h3-9,11H,10H2,1-2H3,(H,17,19)/b16-11-. The number of benzene rings is 1. The lowest BCUT2D eigenvalue weighted by atomic mass is 10.2. The number of carbonyl (C=O) groups excluding carboxylic acids is 1. The number of hydrazone groups is 1. The first-order valence-corrected chi connectivity index (χ1v) is 7.15. The van der Waals surface area contributed by atoms with Crippen molar-refractivity contribution in [2.24, 2.45) is 5.10 Å². The van der Waals surface area contributed by atoms with Crippen molar-refractivity contribution in [3.8, 4) is 0 Å². The van der Waals surface area contributed by atoms with Gasteiger partial charge in [0.25, 0.3) is 0 Å². The van der Waals surface area contributed by atoms with E-state index in [0.29, 0.717) is 6.42 Å². The summed E-state index contributed by atoms with van der Waals surface area (Å²) in [6.07, 6.45) is 2.01. The largest absolute Gasteiger partial charge is 0.378 e. The second kappa shape index (κ2) is 6.86. The lowest BCUT2D eigenvalue weighted by Crippen LogP contribution is -2.19. The van der Waals surface area contributed by atoms with Crippen molar-refractivity contribution in [3.63, 3.8) is 0 Å². The number of hydrogen-bond donors (Lipinski definition) is 1. The van der Waals surface area contributed by atoms with Crippen molar-refractivity contribution >= 4 is 29.1 Å². The van der Waals surface area contributed by atoms with E-state index in [-0.39, 0.29) is 5.91 Å². The Morgan fingerprint density at radius 2 is 2.05 bits per heavy atom.